The zero-order valence-electron chi connectivity index (χ0n) is 12.2. The van der Waals surface area contributed by atoms with E-state index >= 15 is 0 Å². The summed E-state index contributed by atoms with van der Waals surface area (Å²) in [6.45, 7) is 10.8. The summed E-state index contributed by atoms with van der Waals surface area (Å²) in [4.78, 5) is 13.8. The lowest BCUT2D eigenvalue weighted by Gasteiger charge is -2.27. The van der Waals surface area contributed by atoms with Crippen LogP contribution in [0.15, 0.2) is 0 Å². The molecule has 0 fully saturated rings. The van der Waals surface area contributed by atoms with Crippen LogP contribution < -0.4 is 5.32 Å². The number of carbonyl (C=O) groups is 1. The standard InChI is InChI=1S/C13H28N2O2/c1-7-17-12(16)11(14-5)8-9-15(6)10-13(2,3)4/h11,14H,7-10H2,1-6H3. The maximum atomic E-state index is 11.6. The third-order valence-corrected chi connectivity index (χ3v) is 2.46. The molecule has 0 saturated carbocycles. The molecule has 0 amide bonds. The van der Waals surface area contributed by atoms with Crippen LogP contribution in [0.5, 0.6) is 0 Å². The zero-order chi connectivity index (χ0) is 13.5. The van der Waals surface area contributed by atoms with Crippen LogP contribution in [0, 0.1) is 5.41 Å². The molecule has 102 valence electrons. The SMILES string of the molecule is CCOC(=O)C(CCN(C)CC(C)(C)C)NC. The summed E-state index contributed by atoms with van der Waals surface area (Å²) >= 11 is 0. The molecular formula is C13H28N2O2. The molecule has 0 saturated heterocycles. The van der Waals surface area contributed by atoms with Gasteiger partial charge in [-0.15, -0.1) is 0 Å². The van der Waals surface area contributed by atoms with Gasteiger partial charge in [-0.1, -0.05) is 20.8 Å². The largest absolute Gasteiger partial charge is 0.465 e. The Morgan fingerprint density at radius 3 is 2.41 bits per heavy atom. The smallest absolute Gasteiger partial charge is 0.323 e. The Kier molecular flexibility index (Phi) is 7.39. The molecule has 0 heterocycles. The topological polar surface area (TPSA) is 41.6 Å². The van der Waals surface area contributed by atoms with E-state index in [0.717, 1.165) is 19.5 Å². The third-order valence-electron chi connectivity index (χ3n) is 2.46. The summed E-state index contributed by atoms with van der Waals surface area (Å²) in [5.41, 5.74) is 0.286. The van der Waals surface area contributed by atoms with Gasteiger partial charge in [-0.3, -0.25) is 4.79 Å². The molecule has 1 N–H and O–H groups in total. The van der Waals surface area contributed by atoms with Crippen molar-refractivity contribution >= 4 is 5.97 Å². The average molecular weight is 244 g/mol. The number of carbonyl (C=O) groups excluding carboxylic acids is 1. The van der Waals surface area contributed by atoms with Crippen molar-refractivity contribution in [3.8, 4) is 0 Å². The van der Waals surface area contributed by atoms with Crippen LogP contribution >= 0.6 is 0 Å². The normalized spacial score (nSPS) is 13.8. The Morgan fingerprint density at radius 2 is 2.00 bits per heavy atom. The van der Waals surface area contributed by atoms with Crippen LogP contribution in [0.2, 0.25) is 0 Å². The number of esters is 1. The number of nitrogens with zero attached hydrogens (tertiary/aromatic N) is 1. The molecule has 0 aromatic rings. The van der Waals surface area contributed by atoms with Crippen LogP contribution in [0.1, 0.15) is 34.1 Å². The molecule has 0 rings (SSSR count). The number of ether oxygens (including phenoxy) is 1. The minimum Gasteiger partial charge on any atom is -0.465 e. The van der Waals surface area contributed by atoms with Gasteiger partial charge in [0.25, 0.3) is 0 Å². The lowest BCUT2D eigenvalue weighted by molar-refractivity contribution is -0.145. The van der Waals surface area contributed by atoms with Crippen LogP contribution in [-0.4, -0.2) is 50.7 Å². The first-order valence-corrected chi connectivity index (χ1v) is 6.32. The maximum Gasteiger partial charge on any atom is 0.323 e. The second-order valence-corrected chi connectivity index (χ2v) is 5.68. The Morgan fingerprint density at radius 1 is 1.41 bits per heavy atom. The lowest BCUT2D eigenvalue weighted by atomic mass is 9.96. The summed E-state index contributed by atoms with van der Waals surface area (Å²) in [6.07, 6.45) is 0.780. The van der Waals surface area contributed by atoms with E-state index in [1.807, 2.05) is 6.92 Å². The molecule has 0 spiro atoms. The van der Waals surface area contributed by atoms with Gasteiger partial charge in [0.05, 0.1) is 6.61 Å². The summed E-state index contributed by atoms with van der Waals surface area (Å²) in [6, 6.07) is -0.197. The predicted octanol–water partition coefficient (Wildman–Crippen LogP) is 1.51. The van der Waals surface area contributed by atoms with Crippen molar-refractivity contribution in [3.05, 3.63) is 0 Å². The molecule has 0 aromatic heterocycles. The molecular weight excluding hydrogens is 216 g/mol. The number of hydrogen-bond donors (Lipinski definition) is 1. The van der Waals surface area contributed by atoms with Gasteiger partial charge in [0, 0.05) is 6.54 Å². The molecule has 0 bridgehead atoms. The van der Waals surface area contributed by atoms with Gasteiger partial charge < -0.3 is 15.0 Å². The average Bonchev–Trinajstić information content (AvgIpc) is 2.16. The van der Waals surface area contributed by atoms with E-state index in [0.29, 0.717) is 6.61 Å². The fourth-order valence-corrected chi connectivity index (χ4v) is 1.86. The van der Waals surface area contributed by atoms with Crippen LogP contribution in [0.4, 0.5) is 0 Å². The van der Waals surface area contributed by atoms with Crippen molar-refractivity contribution in [1.82, 2.24) is 10.2 Å². The first kappa shape index (κ1) is 16.4. The van der Waals surface area contributed by atoms with E-state index in [4.69, 9.17) is 4.74 Å². The maximum absolute atomic E-state index is 11.6. The number of nitrogens with one attached hydrogen (secondary N) is 1. The van der Waals surface area contributed by atoms with E-state index < -0.39 is 0 Å². The molecule has 0 radical (unpaired) electrons. The number of hydrogen-bond acceptors (Lipinski definition) is 4. The van der Waals surface area contributed by atoms with Crippen LogP contribution in [0.25, 0.3) is 0 Å². The highest BCUT2D eigenvalue weighted by Gasteiger charge is 2.19. The van der Waals surface area contributed by atoms with Gasteiger partial charge in [0.1, 0.15) is 6.04 Å². The summed E-state index contributed by atoms with van der Waals surface area (Å²) in [5.74, 6) is -0.154. The van der Waals surface area contributed by atoms with Crippen molar-refractivity contribution in [2.75, 3.05) is 33.8 Å². The van der Waals surface area contributed by atoms with Crippen molar-refractivity contribution in [1.29, 1.82) is 0 Å². The zero-order valence-corrected chi connectivity index (χ0v) is 12.2. The van der Waals surface area contributed by atoms with Gasteiger partial charge >= 0.3 is 5.97 Å². The minimum atomic E-state index is -0.197. The summed E-state index contributed by atoms with van der Waals surface area (Å²) < 4.78 is 5.01. The Balaban J connectivity index is 4.02. The van der Waals surface area contributed by atoms with E-state index in [1.165, 1.54) is 0 Å². The first-order chi connectivity index (χ1) is 7.80. The molecule has 0 aliphatic heterocycles. The Bertz CT molecular complexity index is 224. The molecule has 1 unspecified atom stereocenters. The van der Waals surface area contributed by atoms with E-state index in [2.05, 4.69) is 38.0 Å². The van der Waals surface area contributed by atoms with Gasteiger partial charge in [-0.2, -0.15) is 0 Å². The second kappa shape index (κ2) is 7.67. The minimum absolute atomic E-state index is 0.154. The molecule has 4 heteroatoms. The summed E-state index contributed by atoms with van der Waals surface area (Å²) in [5, 5.41) is 3.00. The van der Waals surface area contributed by atoms with E-state index in [9.17, 15) is 4.79 Å². The van der Waals surface area contributed by atoms with E-state index in [-0.39, 0.29) is 17.4 Å². The summed E-state index contributed by atoms with van der Waals surface area (Å²) in [7, 11) is 3.88. The molecule has 4 nitrogen and oxygen atoms in total. The van der Waals surface area contributed by atoms with Crippen LogP contribution in [-0.2, 0) is 9.53 Å². The number of rotatable bonds is 7. The fraction of sp³-hybridized carbons (Fsp3) is 0.923. The van der Waals surface area contributed by atoms with Crippen LogP contribution in [0.3, 0.4) is 0 Å². The molecule has 0 aliphatic rings. The second-order valence-electron chi connectivity index (χ2n) is 5.68. The Labute approximate surface area is 106 Å². The van der Waals surface area contributed by atoms with Gasteiger partial charge in [0.15, 0.2) is 0 Å². The van der Waals surface area contributed by atoms with Crippen molar-refractivity contribution in [2.45, 2.75) is 40.2 Å². The predicted molar refractivity (Wildman–Crippen MR) is 71.0 cm³/mol. The number of likely N-dealkylation sites (N-methyl/N-ethyl adjacent to an activating group) is 1. The molecule has 17 heavy (non-hydrogen) atoms. The molecule has 1 atom stereocenters. The van der Waals surface area contributed by atoms with Gasteiger partial charge in [0.2, 0.25) is 0 Å². The highest BCUT2D eigenvalue weighted by atomic mass is 16.5. The quantitative estimate of drug-likeness (QED) is 0.689. The fourth-order valence-electron chi connectivity index (χ4n) is 1.86. The third kappa shape index (κ3) is 8.16. The first-order valence-electron chi connectivity index (χ1n) is 6.32. The Hall–Kier alpha value is -0.610. The van der Waals surface area contributed by atoms with Gasteiger partial charge in [-0.25, -0.2) is 0 Å². The molecule has 0 aliphatic carbocycles. The van der Waals surface area contributed by atoms with Crippen molar-refractivity contribution in [2.24, 2.45) is 5.41 Å². The highest BCUT2D eigenvalue weighted by Crippen LogP contribution is 2.14. The molecule has 0 aromatic carbocycles. The van der Waals surface area contributed by atoms with Crippen molar-refractivity contribution < 1.29 is 9.53 Å². The van der Waals surface area contributed by atoms with Gasteiger partial charge in [-0.05, 0) is 39.4 Å². The highest BCUT2D eigenvalue weighted by molar-refractivity contribution is 5.75. The lowest BCUT2D eigenvalue weighted by Crippen LogP contribution is -2.39. The van der Waals surface area contributed by atoms with Crippen molar-refractivity contribution in [3.63, 3.8) is 0 Å². The van der Waals surface area contributed by atoms with E-state index in [1.54, 1.807) is 7.05 Å². The monoisotopic (exact) mass is 244 g/mol.